The molecule has 0 aliphatic heterocycles. The highest BCUT2D eigenvalue weighted by Crippen LogP contribution is 2.34. The second kappa shape index (κ2) is 5.65. The van der Waals surface area contributed by atoms with Gasteiger partial charge in [-0.05, 0) is 54.6 Å². The van der Waals surface area contributed by atoms with Crippen molar-refractivity contribution in [3.05, 3.63) is 90.0 Å². The molecule has 4 aromatic carbocycles. The zero-order valence-corrected chi connectivity index (χ0v) is 16.5. The van der Waals surface area contributed by atoms with Crippen LogP contribution in [0.2, 0.25) is 5.02 Å². The summed E-state index contributed by atoms with van der Waals surface area (Å²) < 4.78 is 10.4. The van der Waals surface area contributed by atoms with Crippen LogP contribution in [0.4, 0.5) is 0 Å². The van der Waals surface area contributed by atoms with Crippen molar-refractivity contribution in [2.45, 2.75) is 0 Å². The predicted octanol–water partition coefficient (Wildman–Crippen LogP) is 6.98. The Kier molecular flexibility index (Phi) is 3.03. The van der Waals surface area contributed by atoms with Gasteiger partial charge < -0.3 is 4.42 Å². The van der Waals surface area contributed by atoms with Crippen LogP contribution in [0, 0.1) is 0 Å². The van der Waals surface area contributed by atoms with Crippen molar-refractivity contribution in [3.63, 3.8) is 0 Å². The van der Waals surface area contributed by atoms with Gasteiger partial charge in [0.2, 0.25) is 5.78 Å². The lowest BCUT2D eigenvalue weighted by Gasteiger charge is -2.05. The summed E-state index contributed by atoms with van der Waals surface area (Å²) in [6, 6.07) is 28.6. The van der Waals surface area contributed by atoms with Crippen LogP contribution in [0.1, 0.15) is 0 Å². The quantitative estimate of drug-likeness (QED) is 0.294. The van der Waals surface area contributed by atoms with Gasteiger partial charge in [0.15, 0.2) is 0 Å². The first-order valence-corrected chi connectivity index (χ1v) is 10.1. The molecule has 7 rings (SSSR count). The molecule has 3 heterocycles. The van der Waals surface area contributed by atoms with Crippen molar-refractivity contribution in [1.29, 1.82) is 0 Å². The molecule has 0 saturated carbocycles. The highest BCUT2D eigenvalue weighted by Gasteiger charge is 2.18. The van der Waals surface area contributed by atoms with E-state index in [9.17, 15) is 0 Å². The number of para-hydroxylation sites is 3. The molecule has 0 bridgehead atoms. The largest absolute Gasteiger partial charge is 0.456 e. The maximum absolute atomic E-state index is 6.39. The number of benzene rings is 4. The second-order valence-electron chi connectivity index (χ2n) is 7.48. The third-order valence-corrected chi connectivity index (χ3v) is 6.02. The van der Waals surface area contributed by atoms with Gasteiger partial charge in [0.05, 0.1) is 27.8 Å². The van der Waals surface area contributed by atoms with Gasteiger partial charge in [-0.25, -0.2) is 4.98 Å². The third kappa shape index (κ3) is 2.03. The summed E-state index contributed by atoms with van der Waals surface area (Å²) in [6.07, 6.45) is 0. The third-order valence-electron chi connectivity index (χ3n) is 5.78. The maximum atomic E-state index is 6.39. The lowest BCUT2D eigenvalue weighted by atomic mass is 10.1. The van der Waals surface area contributed by atoms with E-state index >= 15 is 0 Å². The number of furan rings is 1. The first-order chi connectivity index (χ1) is 14.8. The number of fused-ring (bicyclic) bond motifs is 8. The smallest absolute Gasteiger partial charge is 0.220 e. The minimum Gasteiger partial charge on any atom is -0.456 e. The van der Waals surface area contributed by atoms with Gasteiger partial charge in [-0.15, -0.1) is 0 Å². The SMILES string of the molecule is Clc1ccc2c(c1)n(-c1ccc3oc4ccccc4c3c1)c1nc3ccccc3n21. The number of hydrogen-bond acceptors (Lipinski definition) is 2. The Hall–Kier alpha value is -3.76. The predicted molar refractivity (Wildman–Crippen MR) is 122 cm³/mol. The fourth-order valence-electron chi connectivity index (χ4n) is 4.48. The van der Waals surface area contributed by atoms with Crippen LogP contribution < -0.4 is 0 Å². The molecule has 0 unspecified atom stereocenters. The Morgan fingerprint density at radius 2 is 1.53 bits per heavy atom. The molecule has 0 aliphatic carbocycles. The van der Waals surface area contributed by atoms with Gasteiger partial charge in [0.1, 0.15) is 11.2 Å². The summed E-state index contributed by atoms with van der Waals surface area (Å²) in [6.45, 7) is 0. The van der Waals surface area contributed by atoms with Crippen LogP contribution in [0.25, 0.3) is 55.5 Å². The summed E-state index contributed by atoms with van der Waals surface area (Å²) >= 11 is 6.39. The van der Waals surface area contributed by atoms with Crippen molar-refractivity contribution in [3.8, 4) is 5.69 Å². The Morgan fingerprint density at radius 1 is 0.700 bits per heavy atom. The van der Waals surface area contributed by atoms with Gasteiger partial charge >= 0.3 is 0 Å². The molecular weight excluding hydrogens is 394 g/mol. The average Bonchev–Trinajstić information content (AvgIpc) is 3.41. The highest BCUT2D eigenvalue weighted by atomic mass is 35.5. The molecule has 5 heteroatoms. The lowest BCUT2D eigenvalue weighted by Crippen LogP contribution is -1.94. The van der Waals surface area contributed by atoms with Crippen molar-refractivity contribution in [2.24, 2.45) is 0 Å². The van der Waals surface area contributed by atoms with E-state index in [1.54, 1.807) is 0 Å². The van der Waals surface area contributed by atoms with Gasteiger partial charge in [0, 0.05) is 15.8 Å². The number of rotatable bonds is 1. The maximum Gasteiger partial charge on any atom is 0.220 e. The van der Waals surface area contributed by atoms with E-state index in [1.807, 2.05) is 54.6 Å². The Bertz CT molecular complexity index is 1770. The van der Waals surface area contributed by atoms with Gasteiger partial charge in [0.25, 0.3) is 0 Å². The molecule has 0 fully saturated rings. The van der Waals surface area contributed by atoms with Crippen LogP contribution >= 0.6 is 11.6 Å². The van der Waals surface area contributed by atoms with E-state index < -0.39 is 0 Å². The van der Waals surface area contributed by atoms with Crippen molar-refractivity contribution >= 4 is 61.4 Å². The molecule has 0 spiro atoms. The minimum atomic E-state index is 0.698. The minimum absolute atomic E-state index is 0.698. The molecule has 3 aromatic heterocycles. The molecular formula is C25H14ClN3O. The molecule has 0 radical (unpaired) electrons. The molecule has 0 amide bonds. The molecule has 0 atom stereocenters. The van der Waals surface area contributed by atoms with Crippen molar-refractivity contribution in [1.82, 2.24) is 14.0 Å². The van der Waals surface area contributed by atoms with E-state index in [1.165, 1.54) is 0 Å². The van der Waals surface area contributed by atoms with E-state index in [2.05, 4.69) is 39.3 Å². The monoisotopic (exact) mass is 407 g/mol. The van der Waals surface area contributed by atoms with Crippen LogP contribution in [0.15, 0.2) is 89.3 Å². The first-order valence-electron chi connectivity index (χ1n) is 9.77. The molecule has 30 heavy (non-hydrogen) atoms. The van der Waals surface area contributed by atoms with E-state index in [-0.39, 0.29) is 0 Å². The molecule has 4 nitrogen and oxygen atoms in total. The number of imidazole rings is 2. The molecule has 0 N–H and O–H groups in total. The Labute approximate surface area is 175 Å². The van der Waals surface area contributed by atoms with Crippen LogP contribution in [-0.2, 0) is 0 Å². The fraction of sp³-hybridized carbons (Fsp3) is 0. The summed E-state index contributed by atoms with van der Waals surface area (Å²) in [5.74, 6) is 0.862. The van der Waals surface area contributed by atoms with Gasteiger partial charge in [-0.2, -0.15) is 0 Å². The highest BCUT2D eigenvalue weighted by molar-refractivity contribution is 6.31. The summed E-state index contributed by atoms with van der Waals surface area (Å²) in [7, 11) is 0. The summed E-state index contributed by atoms with van der Waals surface area (Å²) in [5, 5.41) is 2.89. The van der Waals surface area contributed by atoms with Crippen molar-refractivity contribution in [2.75, 3.05) is 0 Å². The van der Waals surface area contributed by atoms with Crippen LogP contribution in [0.3, 0.4) is 0 Å². The van der Waals surface area contributed by atoms with E-state index in [4.69, 9.17) is 21.0 Å². The molecule has 0 saturated heterocycles. The summed E-state index contributed by atoms with van der Waals surface area (Å²) in [4.78, 5) is 4.95. The van der Waals surface area contributed by atoms with Crippen LogP contribution in [0.5, 0.6) is 0 Å². The Balaban J connectivity index is 1.65. The Morgan fingerprint density at radius 3 is 2.50 bits per heavy atom. The fourth-order valence-corrected chi connectivity index (χ4v) is 4.65. The van der Waals surface area contributed by atoms with Crippen molar-refractivity contribution < 1.29 is 4.42 Å². The zero-order valence-electron chi connectivity index (χ0n) is 15.7. The average molecular weight is 408 g/mol. The topological polar surface area (TPSA) is 35.4 Å². The zero-order chi connectivity index (χ0) is 19.8. The van der Waals surface area contributed by atoms with E-state index in [0.717, 1.165) is 55.5 Å². The number of nitrogens with zero attached hydrogens (tertiary/aromatic N) is 3. The molecule has 142 valence electrons. The first kappa shape index (κ1) is 16.1. The molecule has 7 aromatic rings. The summed E-state index contributed by atoms with van der Waals surface area (Å²) in [5.41, 5.74) is 6.91. The lowest BCUT2D eigenvalue weighted by molar-refractivity contribution is 0.669. The van der Waals surface area contributed by atoms with Gasteiger partial charge in [-0.1, -0.05) is 41.9 Å². The van der Waals surface area contributed by atoms with E-state index in [0.29, 0.717) is 5.02 Å². The van der Waals surface area contributed by atoms with Crippen LogP contribution in [-0.4, -0.2) is 14.0 Å². The van der Waals surface area contributed by atoms with Gasteiger partial charge in [-0.3, -0.25) is 8.97 Å². The number of hydrogen-bond donors (Lipinski definition) is 0. The second-order valence-corrected chi connectivity index (χ2v) is 7.92. The number of halogens is 1. The number of aromatic nitrogens is 3. The standard InChI is InChI=1S/C25H14ClN3O/c26-15-9-11-21-22(13-15)28(25-27-19-6-2-3-7-20(19)29(21)25)16-10-12-24-18(14-16)17-5-1-4-8-23(17)30-24/h1-14H. The normalized spacial score (nSPS) is 12.2. The molecule has 0 aliphatic rings.